The van der Waals surface area contributed by atoms with E-state index in [-0.39, 0.29) is 31.4 Å². The predicted octanol–water partition coefficient (Wildman–Crippen LogP) is 3.45. The Balaban J connectivity index is -0.000000180. The summed E-state index contributed by atoms with van der Waals surface area (Å²) in [5.74, 6) is 0. The highest BCUT2D eigenvalue weighted by atomic mass is 35.9. The van der Waals surface area contributed by atoms with Gasteiger partial charge in [0, 0.05) is 0 Å². The van der Waals surface area contributed by atoms with Crippen LogP contribution in [0, 0.1) is 0 Å². The molecule has 0 fully saturated rings. The van der Waals surface area contributed by atoms with Crippen molar-refractivity contribution in [3.05, 3.63) is 0 Å². The van der Waals surface area contributed by atoms with Gasteiger partial charge in [-0.25, -0.2) is 0 Å². The van der Waals surface area contributed by atoms with E-state index in [0.29, 0.717) is 0 Å². The van der Waals surface area contributed by atoms with Crippen LogP contribution in [-0.2, 0) is 9.09 Å². The molecule has 0 aliphatic heterocycles. The number of rotatable bonds is 2. The van der Waals surface area contributed by atoms with Crippen molar-refractivity contribution < 1.29 is 9.09 Å². The van der Waals surface area contributed by atoms with Crippen molar-refractivity contribution in [2.24, 2.45) is 0 Å². The molecule has 0 aliphatic rings. The average molecular weight is 236 g/mol. The lowest BCUT2D eigenvalue weighted by atomic mass is 10.9. The van der Waals surface area contributed by atoms with Gasteiger partial charge in [0.1, 0.15) is 0 Å². The normalized spacial score (nSPS) is 9.22. The topological polar surface area (TPSA) is 26.3 Å². The summed E-state index contributed by atoms with van der Waals surface area (Å²) >= 11 is 9.86. The molecule has 0 unspecified atom stereocenters. The van der Waals surface area contributed by atoms with Gasteiger partial charge in [-0.3, -0.25) is 4.57 Å². The molecule has 0 aromatic carbocycles. The van der Waals surface area contributed by atoms with Gasteiger partial charge in [0.2, 0.25) is 0 Å². The molecular weight excluding hydrogens is 229 g/mol. The van der Waals surface area contributed by atoms with Gasteiger partial charge in [-0.2, -0.15) is 0 Å². The molecule has 0 saturated heterocycles. The van der Waals surface area contributed by atoms with Gasteiger partial charge in [0.25, 0.3) is 0 Å². The summed E-state index contributed by atoms with van der Waals surface area (Å²) in [6.45, 7) is 1.95. The summed E-state index contributed by atoms with van der Waals surface area (Å²) in [6, 6.07) is 0. The first-order valence-corrected chi connectivity index (χ1v) is 5.13. The van der Waals surface area contributed by atoms with Crippen LogP contribution in [0.25, 0.3) is 0 Å². The molecule has 0 saturated carbocycles. The van der Waals surface area contributed by atoms with Crippen LogP contribution >= 0.6 is 53.4 Å². The van der Waals surface area contributed by atoms with Crippen molar-refractivity contribution in [1.29, 1.82) is 0 Å². The monoisotopic (exact) mass is 234 g/mol. The summed E-state index contributed by atoms with van der Waals surface area (Å²) in [5.41, 5.74) is 0. The zero-order chi connectivity index (χ0) is 5.91. The van der Waals surface area contributed by atoms with E-state index in [1.165, 1.54) is 0 Å². The van der Waals surface area contributed by atoms with Crippen LogP contribution in [0.15, 0.2) is 0 Å². The van der Waals surface area contributed by atoms with Crippen molar-refractivity contribution in [3.8, 4) is 0 Å². The number of halogens is 4. The minimum Gasteiger partial charge on any atom is -0.307 e. The maximum absolute atomic E-state index is 10.1. The van der Waals surface area contributed by atoms with Crippen LogP contribution in [0.5, 0.6) is 0 Å². The Morgan fingerprint density at radius 2 is 1.78 bits per heavy atom. The quantitative estimate of drug-likeness (QED) is 0.686. The van der Waals surface area contributed by atoms with Gasteiger partial charge in [-0.05, 0) is 29.4 Å². The molecular formula is C2H7Cl4O2P. The van der Waals surface area contributed by atoms with E-state index in [2.05, 4.69) is 4.52 Å². The van der Waals surface area contributed by atoms with Gasteiger partial charge in [0.05, 0.1) is 6.61 Å². The maximum atomic E-state index is 10.1. The first-order valence-electron chi connectivity index (χ1n) is 1.70. The highest BCUT2D eigenvalue weighted by Crippen LogP contribution is 2.57. The smallest absolute Gasteiger partial charge is 0.307 e. The SMILES string of the molecule is CCOP(=O)(Cl)Cl.Cl.Cl. The van der Waals surface area contributed by atoms with Gasteiger partial charge < -0.3 is 4.52 Å². The zero-order valence-electron chi connectivity index (χ0n) is 4.54. The highest BCUT2D eigenvalue weighted by molar-refractivity contribution is 8.05. The van der Waals surface area contributed by atoms with E-state index < -0.39 is 6.07 Å². The second-order valence-corrected chi connectivity index (χ2v) is 5.11. The summed E-state index contributed by atoms with van der Waals surface area (Å²) in [5, 5.41) is 0. The molecule has 7 heteroatoms. The lowest BCUT2D eigenvalue weighted by Crippen LogP contribution is -1.74. The summed E-state index contributed by atoms with van der Waals surface area (Å²) in [7, 11) is 0. The van der Waals surface area contributed by atoms with Crippen LogP contribution in [-0.4, -0.2) is 6.61 Å². The molecule has 2 nitrogen and oxygen atoms in total. The van der Waals surface area contributed by atoms with Crippen molar-refractivity contribution in [2.75, 3.05) is 6.61 Å². The van der Waals surface area contributed by atoms with E-state index in [1.54, 1.807) is 6.92 Å². The fourth-order valence-electron chi connectivity index (χ4n) is 0.150. The molecule has 0 heterocycles. The standard InChI is InChI=1S/C2H5Cl2O2P.2ClH/c1-2-6-7(3,4)5;;/h2H2,1H3;2*1H. The Kier molecular flexibility index (Phi) is 13.9. The Bertz CT molecular complexity index is 90.6. The molecule has 0 aliphatic carbocycles. The summed E-state index contributed by atoms with van der Waals surface area (Å²) in [4.78, 5) is 0. The van der Waals surface area contributed by atoms with E-state index in [4.69, 9.17) is 22.5 Å². The molecule has 0 rings (SSSR count). The maximum Gasteiger partial charge on any atom is 0.380 e. The molecule has 60 valence electrons. The third-order valence-corrected chi connectivity index (χ3v) is 1.42. The Morgan fingerprint density at radius 3 is 1.78 bits per heavy atom. The van der Waals surface area contributed by atoms with Crippen LogP contribution < -0.4 is 0 Å². The largest absolute Gasteiger partial charge is 0.380 e. The summed E-state index contributed by atoms with van der Waals surface area (Å²) < 4.78 is 14.4. The molecule has 9 heavy (non-hydrogen) atoms. The van der Waals surface area contributed by atoms with E-state index in [0.717, 1.165) is 0 Å². The first kappa shape index (κ1) is 16.7. The van der Waals surface area contributed by atoms with Crippen molar-refractivity contribution in [3.63, 3.8) is 0 Å². The molecule has 0 atom stereocenters. The third kappa shape index (κ3) is 17.6. The van der Waals surface area contributed by atoms with Crippen LogP contribution in [0.4, 0.5) is 0 Å². The van der Waals surface area contributed by atoms with Gasteiger partial charge in [-0.15, -0.1) is 24.8 Å². The second-order valence-electron chi connectivity index (χ2n) is 0.832. The van der Waals surface area contributed by atoms with Crippen molar-refractivity contribution in [2.45, 2.75) is 6.92 Å². The lowest BCUT2D eigenvalue weighted by molar-refractivity contribution is 0.356. The van der Waals surface area contributed by atoms with E-state index >= 15 is 0 Å². The Hall–Kier alpha value is 1.35. The molecule has 0 aromatic heterocycles. The predicted molar refractivity (Wildman–Crippen MR) is 45.4 cm³/mol. The molecule has 0 N–H and O–H groups in total. The highest BCUT2D eigenvalue weighted by Gasteiger charge is 2.10. The van der Waals surface area contributed by atoms with Crippen LogP contribution in [0.1, 0.15) is 6.92 Å². The second kappa shape index (κ2) is 7.46. The zero-order valence-corrected chi connectivity index (χ0v) is 8.58. The molecule has 0 radical (unpaired) electrons. The molecule has 0 amide bonds. The first-order chi connectivity index (χ1) is 3.06. The van der Waals surface area contributed by atoms with Crippen molar-refractivity contribution >= 4 is 53.4 Å². The Labute approximate surface area is 76.1 Å². The van der Waals surface area contributed by atoms with E-state index in [9.17, 15) is 4.57 Å². The van der Waals surface area contributed by atoms with Crippen molar-refractivity contribution in [1.82, 2.24) is 0 Å². The van der Waals surface area contributed by atoms with Crippen LogP contribution in [0.3, 0.4) is 0 Å². The summed E-state index contributed by atoms with van der Waals surface area (Å²) in [6.07, 6.45) is -3.22. The third-order valence-electron chi connectivity index (χ3n) is 0.279. The average Bonchev–Trinajstić information content (AvgIpc) is 1.30. The Morgan fingerprint density at radius 1 is 1.44 bits per heavy atom. The fraction of sp³-hybridized carbons (Fsp3) is 1.00. The van der Waals surface area contributed by atoms with E-state index in [1.807, 2.05) is 0 Å². The minimum atomic E-state index is -3.22. The lowest BCUT2D eigenvalue weighted by Gasteiger charge is -1.96. The molecule has 0 aromatic rings. The van der Waals surface area contributed by atoms with Crippen LogP contribution in [0.2, 0.25) is 0 Å². The minimum absolute atomic E-state index is 0. The fourth-order valence-corrected chi connectivity index (χ4v) is 1.04. The van der Waals surface area contributed by atoms with Gasteiger partial charge >= 0.3 is 6.07 Å². The van der Waals surface area contributed by atoms with Gasteiger partial charge in [-0.1, -0.05) is 0 Å². The number of hydrogen-bond donors (Lipinski definition) is 0. The molecule has 0 spiro atoms. The van der Waals surface area contributed by atoms with Gasteiger partial charge in [0.15, 0.2) is 0 Å². The molecule has 0 bridgehead atoms. The number of hydrogen-bond acceptors (Lipinski definition) is 2.